The van der Waals surface area contributed by atoms with Crippen molar-refractivity contribution in [2.24, 2.45) is 7.05 Å². The van der Waals surface area contributed by atoms with Crippen LogP contribution in [0.3, 0.4) is 0 Å². The fourth-order valence-corrected chi connectivity index (χ4v) is 1.56. The Bertz CT molecular complexity index is 228. The first-order valence-electron chi connectivity index (χ1n) is 4.08. The van der Waals surface area contributed by atoms with E-state index in [0.29, 0.717) is 0 Å². The maximum absolute atomic E-state index is 4.39. The molecule has 0 bridgehead atoms. The topological polar surface area (TPSA) is 29.9 Å². The van der Waals surface area contributed by atoms with Gasteiger partial charge < -0.3 is 5.32 Å². The van der Waals surface area contributed by atoms with Crippen LogP contribution in [0.25, 0.3) is 0 Å². The van der Waals surface area contributed by atoms with Crippen molar-refractivity contribution in [2.75, 3.05) is 13.1 Å². The molecule has 0 spiro atoms. The average Bonchev–Trinajstić information content (AvgIpc) is 2.17. The van der Waals surface area contributed by atoms with Gasteiger partial charge in [-0.2, -0.15) is 5.10 Å². The Morgan fingerprint density at radius 2 is 2.27 bits per heavy atom. The third-order valence-electron chi connectivity index (χ3n) is 2.10. The van der Waals surface area contributed by atoms with Crippen LogP contribution < -0.4 is 5.32 Å². The monoisotopic (exact) mass is 151 g/mol. The molecule has 0 aliphatic carbocycles. The molecule has 0 radical (unpaired) electrons. The molecule has 0 saturated carbocycles. The molecule has 3 nitrogen and oxygen atoms in total. The van der Waals surface area contributed by atoms with E-state index in [9.17, 15) is 0 Å². The summed E-state index contributed by atoms with van der Waals surface area (Å²) in [4.78, 5) is 0. The molecule has 1 aliphatic heterocycles. The third-order valence-corrected chi connectivity index (χ3v) is 2.10. The molecule has 3 heteroatoms. The molecule has 0 unspecified atom stereocenters. The Morgan fingerprint density at radius 1 is 1.45 bits per heavy atom. The summed E-state index contributed by atoms with van der Waals surface area (Å²) in [6.45, 7) is 2.17. The summed E-state index contributed by atoms with van der Waals surface area (Å²) in [6, 6.07) is 0. The standard InChI is InChI=1S/C8H13N3/c1-11-6-7-2-4-9-5-3-8(7)10-11/h6,9H,2-5H2,1H3. The van der Waals surface area contributed by atoms with Crippen molar-refractivity contribution in [1.29, 1.82) is 0 Å². The van der Waals surface area contributed by atoms with Crippen LogP contribution in [-0.4, -0.2) is 22.9 Å². The summed E-state index contributed by atoms with van der Waals surface area (Å²) < 4.78 is 1.91. The predicted molar refractivity (Wildman–Crippen MR) is 43.5 cm³/mol. The zero-order chi connectivity index (χ0) is 7.68. The van der Waals surface area contributed by atoms with E-state index in [1.807, 2.05) is 11.7 Å². The Morgan fingerprint density at radius 3 is 3.18 bits per heavy atom. The smallest absolute Gasteiger partial charge is 0.0669 e. The molecule has 60 valence electrons. The van der Waals surface area contributed by atoms with Crippen LogP contribution in [0.15, 0.2) is 6.20 Å². The van der Waals surface area contributed by atoms with Crippen LogP contribution in [-0.2, 0) is 19.9 Å². The Hall–Kier alpha value is -0.830. The summed E-state index contributed by atoms with van der Waals surface area (Å²) in [5.41, 5.74) is 2.69. The van der Waals surface area contributed by atoms with Crippen molar-refractivity contribution >= 4 is 0 Å². The van der Waals surface area contributed by atoms with Gasteiger partial charge >= 0.3 is 0 Å². The van der Waals surface area contributed by atoms with Crippen LogP contribution in [0.2, 0.25) is 0 Å². The van der Waals surface area contributed by atoms with E-state index in [4.69, 9.17) is 0 Å². The van der Waals surface area contributed by atoms with Crippen LogP contribution >= 0.6 is 0 Å². The third kappa shape index (κ3) is 1.28. The maximum Gasteiger partial charge on any atom is 0.0669 e. The van der Waals surface area contributed by atoms with E-state index in [2.05, 4.69) is 16.6 Å². The highest BCUT2D eigenvalue weighted by Crippen LogP contribution is 2.09. The van der Waals surface area contributed by atoms with E-state index < -0.39 is 0 Å². The highest BCUT2D eigenvalue weighted by atomic mass is 15.3. The second kappa shape index (κ2) is 2.66. The fraction of sp³-hybridized carbons (Fsp3) is 0.625. The second-order valence-electron chi connectivity index (χ2n) is 3.02. The molecule has 0 atom stereocenters. The molecular formula is C8H13N3. The van der Waals surface area contributed by atoms with Gasteiger partial charge in [-0.1, -0.05) is 0 Å². The van der Waals surface area contributed by atoms with Crippen LogP contribution in [0.4, 0.5) is 0 Å². The van der Waals surface area contributed by atoms with Gasteiger partial charge in [0.2, 0.25) is 0 Å². The molecule has 0 amide bonds. The quantitative estimate of drug-likeness (QED) is 0.570. The molecule has 1 aliphatic rings. The first-order chi connectivity index (χ1) is 5.36. The van der Waals surface area contributed by atoms with Crippen molar-refractivity contribution in [3.63, 3.8) is 0 Å². The molecule has 2 rings (SSSR count). The molecule has 1 aromatic rings. The SMILES string of the molecule is Cn1cc2c(n1)CCNCC2. The number of nitrogens with zero attached hydrogens (tertiary/aromatic N) is 2. The highest BCUT2D eigenvalue weighted by molar-refractivity contribution is 5.18. The van der Waals surface area contributed by atoms with Crippen molar-refractivity contribution in [3.05, 3.63) is 17.5 Å². The minimum absolute atomic E-state index is 1.07. The number of hydrogen-bond acceptors (Lipinski definition) is 2. The second-order valence-corrected chi connectivity index (χ2v) is 3.02. The zero-order valence-electron chi connectivity index (χ0n) is 6.80. The molecule has 2 heterocycles. The Labute approximate surface area is 66.4 Å². The number of aryl methyl sites for hydroxylation is 1. The van der Waals surface area contributed by atoms with Crippen LogP contribution in [0.5, 0.6) is 0 Å². The van der Waals surface area contributed by atoms with Gasteiger partial charge in [0.15, 0.2) is 0 Å². The lowest BCUT2D eigenvalue weighted by atomic mass is 10.2. The fourth-order valence-electron chi connectivity index (χ4n) is 1.56. The van der Waals surface area contributed by atoms with Gasteiger partial charge in [0.05, 0.1) is 5.69 Å². The normalized spacial score (nSPS) is 17.5. The van der Waals surface area contributed by atoms with Gasteiger partial charge in [0, 0.05) is 26.2 Å². The number of fused-ring (bicyclic) bond motifs is 1. The summed E-state index contributed by atoms with van der Waals surface area (Å²) in [7, 11) is 1.99. The number of rotatable bonds is 0. The maximum atomic E-state index is 4.39. The molecule has 0 aromatic carbocycles. The van der Waals surface area contributed by atoms with E-state index in [1.165, 1.54) is 11.3 Å². The largest absolute Gasteiger partial charge is 0.316 e. The molecule has 1 N–H and O–H groups in total. The first kappa shape index (κ1) is 6.85. The minimum atomic E-state index is 1.07. The average molecular weight is 151 g/mol. The van der Waals surface area contributed by atoms with E-state index >= 15 is 0 Å². The summed E-state index contributed by atoms with van der Waals surface area (Å²) in [5.74, 6) is 0. The summed E-state index contributed by atoms with van der Waals surface area (Å²) in [5, 5.41) is 7.74. The Balaban J connectivity index is 2.32. The van der Waals surface area contributed by atoms with E-state index in [0.717, 1.165) is 25.9 Å². The summed E-state index contributed by atoms with van der Waals surface area (Å²) >= 11 is 0. The predicted octanol–water partition coefficient (Wildman–Crippen LogP) is 0.108. The molecule has 11 heavy (non-hydrogen) atoms. The zero-order valence-corrected chi connectivity index (χ0v) is 6.80. The number of aromatic nitrogens is 2. The van der Waals surface area contributed by atoms with E-state index in [1.54, 1.807) is 0 Å². The number of hydrogen-bond donors (Lipinski definition) is 1. The lowest BCUT2D eigenvalue weighted by molar-refractivity contribution is 0.681. The number of nitrogens with one attached hydrogen (secondary N) is 1. The van der Waals surface area contributed by atoms with Gasteiger partial charge in [-0.25, -0.2) is 0 Å². The van der Waals surface area contributed by atoms with Gasteiger partial charge in [-0.3, -0.25) is 4.68 Å². The van der Waals surface area contributed by atoms with E-state index in [-0.39, 0.29) is 0 Å². The van der Waals surface area contributed by atoms with Crippen molar-refractivity contribution < 1.29 is 0 Å². The Kier molecular flexibility index (Phi) is 1.66. The van der Waals surface area contributed by atoms with Crippen LogP contribution in [0.1, 0.15) is 11.3 Å². The van der Waals surface area contributed by atoms with Gasteiger partial charge in [0.1, 0.15) is 0 Å². The highest BCUT2D eigenvalue weighted by Gasteiger charge is 2.09. The molecule has 0 saturated heterocycles. The lowest BCUT2D eigenvalue weighted by Crippen LogP contribution is -2.16. The lowest BCUT2D eigenvalue weighted by Gasteiger charge is -1.94. The molecular weight excluding hydrogens is 138 g/mol. The minimum Gasteiger partial charge on any atom is -0.316 e. The molecule has 0 fully saturated rings. The van der Waals surface area contributed by atoms with Crippen molar-refractivity contribution in [1.82, 2.24) is 15.1 Å². The summed E-state index contributed by atoms with van der Waals surface area (Å²) in [6.07, 6.45) is 4.34. The van der Waals surface area contributed by atoms with Gasteiger partial charge in [0.25, 0.3) is 0 Å². The molecule has 1 aromatic heterocycles. The van der Waals surface area contributed by atoms with Gasteiger partial charge in [-0.05, 0) is 18.5 Å². The van der Waals surface area contributed by atoms with Crippen LogP contribution in [0, 0.1) is 0 Å². The van der Waals surface area contributed by atoms with Crippen molar-refractivity contribution in [2.45, 2.75) is 12.8 Å². The first-order valence-corrected chi connectivity index (χ1v) is 4.08. The van der Waals surface area contributed by atoms with Gasteiger partial charge in [-0.15, -0.1) is 0 Å². The van der Waals surface area contributed by atoms with Crippen molar-refractivity contribution in [3.8, 4) is 0 Å².